The van der Waals surface area contributed by atoms with Crippen LogP contribution in [0.1, 0.15) is 5.69 Å². The first-order chi connectivity index (χ1) is 8.60. The van der Waals surface area contributed by atoms with Crippen molar-refractivity contribution >= 4 is 5.97 Å². The Hall–Kier alpha value is -2.44. The van der Waals surface area contributed by atoms with Gasteiger partial charge in [0.05, 0.1) is 19.2 Å². The van der Waals surface area contributed by atoms with Crippen molar-refractivity contribution in [1.82, 2.24) is 19.7 Å². The lowest BCUT2D eigenvalue weighted by atomic mass is 10.1. The van der Waals surface area contributed by atoms with Gasteiger partial charge in [0.15, 0.2) is 0 Å². The van der Waals surface area contributed by atoms with Gasteiger partial charge in [0.2, 0.25) is 0 Å². The van der Waals surface area contributed by atoms with E-state index in [0.717, 1.165) is 0 Å². The summed E-state index contributed by atoms with van der Waals surface area (Å²) in [4.78, 5) is 18.7. The molecule has 7 nitrogen and oxygen atoms in total. The van der Waals surface area contributed by atoms with Gasteiger partial charge >= 0.3 is 12.0 Å². The first-order valence-electron chi connectivity index (χ1n) is 5.21. The fourth-order valence-corrected chi connectivity index (χ4v) is 1.61. The van der Waals surface area contributed by atoms with Crippen molar-refractivity contribution < 1.29 is 14.6 Å². The van der Waals surface area contributed by atoms with Crippen LogP contribution in [-0.4, -0.2) is 37.9 Å². The number of hydrogen-bond acceptors (Lipinski definition) is 5. The average Bonchev–Trinajstić information content (AvgIpc) is 2.69. The van der Waals surface area contributed by atoms with E-state index in [1.807, 2.05) is 0 Å². The van der Waals surface area contributed by atoms with Gasteiger partial charge in [-0.1, -0.05) is 0 Å². The quantitative estimate of drug-likeness (QED) is 0.848. The van der Waals surface area contributed by atoms with Gasteiger partial charge in [-0.15, -0.1) is 0 Å². The minimum Gasteiger partial charge on any atom is -0.481 e. The summed E-state index contributed by atoms with van der Waals surface area (Å²) >= 11 is 0. The maximum absolute atomic E-state index is 10.8. The Morgan fingerprint density at radius 3 is 2.67 bits per heavy atom. The van der Waals surface area contributed by atoms with E-state index in [9.17, 15) is 4.79 Å². The van der Waals surface area contributed by atoms with Crippen LogP contribution in [0.3, 0.4) is 0 Å². The number of methoxy groups -OCH3 is 1. The zero-order valence-corrected chi connectivity index (χ0v) is 9.99. The highest BCUT2D eigenvalue weighted by atomic mass is 16.5. The minimum atomic E-state index is -0.926. The standard InChI is InChI=1S/C11H12N4O3/c1-15-6-8(9(14-15)3-10(16)17)7-4-12-11(18-2)13-5-7/h4-6H,3H2,1-2H3,(H,16,17). The van der Waals surface area contributed by atoms with Crippen molar-refractivity contribution in [1.29, 1.82) is 0 Å². The summed E-state index contributed by atoms with van der Waals surface area (Å²) < 4.78 is 6.44. The fraction of sp³-hybridized carbons (Fsp3) is 0.273. The molecule has 18 heavy (non-hydrogen) atoms. The van der Waals surface area contributed by atoms with Crippen LogP contribution in [0.2, 0.25) is 0 Å². The molecule has 0 aliphatic heterocycles. The van der Waals surface area contributed by atoms with Gasteiger partial charge in [0.25, 0.3) is 0 Å². The fourth-order valence-electron chi connectivity index (χ4n) is 1.61. The molecule has 0 bridgehead atoms. The highest BCUT2D eigenvalue weighted by Gasteiger charge is 2.13. The minimum absolute atomic E-state index is 0.137. The first kappa shape index (κ1) is 12.0. The topological polar surface area (TPSA) is 90.1 Å². The largest absolute Gasteiger partial charge is 0.481 e. The predicted molar refractivity (Wildman–Crippen MR) is 62.1 cm³/mol. The van der Waals surface area contributed by atoms with E-state index in [1.54, 1.807) is 30.3 Å². The molecule has 0 aliphatic rings. The molecule has 1 N–H and O–H groups in total. The van der Waals surface area contributed by atoms with E-state index < -0.39 is 5.97 Å². The van der Waals surface area contributed by atoms with Gasteiger partial charge in [0.1, 0.15) is 0 Å². The number of rotatable bonds is 4. The molecule has 0 spiro atoms. The lowest BCUT2D eigenvalue weighted by molar-refractivity contribution is -0.136. The number of aliphatic carboxylic acids is 1. The van der Waals surface area contributed by atoms with Crippen molar-refractivity contribution in [2.45, 2.75) is 6.42 Å². The zero-order chi connectivity index (χ0) is 13.1. The normalized spacial score (nSPS) is 10.3. The van der Waals surface area contributed by atoms with Crippen molar-refractivity contribution in [3.05, 3.63) is 24.3 Å². The highest BCUT2D eigenvalue weighted by molar-refractivity contribution is 5.74. The van der Waals surface area contributed by atoms with Crippen LogP contribution in [0, 0.1) is 0 Å². The SMILES string of the molecule is COc1ncc(-c2cn(C)nc2CC(=O)O)cn1. The van der Waals surface area contributed by atoms with Gasteiger partial charge in [-0.3, -0.25) is 9.48 Å². The molecule has 0 aliphatic carbocycles. The molecule has 0 amide bonds. The molecule has 2 aromatic rings. The van der Waals surface area contributed by atoms with Gasteiger partial charge in [-0.05, 0) is 0 Å². The molecule has 94 valence electrons. The van der Waals surface area contributed by atoms with Crippen molar-refractivity contribution in [2.75, 3.05) is 7.11 Å². The second-order valence-corrected chi connectivity index (χ2v) is 3.69. The summed E-state index contributed by atoms with van der Waals surface area (Å²) in [5.74, 6) is -0.926. The van der Waals surface area contributed by atoms with Crippen LogP contribution in [0.25, 0.3) is 11.1 Å². The molecular formula is C11H12N4O3. The van der Waals surface area contributed by atoms with E-state index >= 15 is 0 Å². The molecule has 2 heterocycles. The maximum Gasteiger partial charge on any atom is 0.316 e. The Morgan fingerprint density at radius 2 is 2.11 bits per heavy atom. The third-order valence-electron chi connectivity index (χ3n) is 2.35. The number of carbonyl (C=O) groups is 1. The number of nitrogens with zero attached hydrogens (tertiary/aromatic N) is 4. The van der Waals surface area contributed by atoms with Crippen molar-refractivity contribution in [3.8, 4) is 17.1 Å². The molecule has 7 heteroatoms. The summed E-state index contributed by atoms with van der Waals surface area (Å²) in [5.41, 5.74) is 1.90. The average molecular weight is 248 g/mol. The number of carboxylic acids is 1. The second kappa shape index (κ2) is 4.82. The van der Waals surface area contributed by atoms with Gasteiger partial charge in [-0.2, -0.15) is 5.10 Å². The summed E-state index contributed by atoms with van der Waals surface area (Å²) in [6.45, 7) is 0. The molecule has 0 radical (unpaired) electrons. The summed E-state index contributed by atoms with van der Waals surface area (Å²) in [7, 11) is 3.22. The number of hydrogen-bond donors (Lipinski definition) is 1. The van der Waals surface area contributed by atoms with Crippen molar-refractivity contribution in [2.24, 2.45) is 7.05 Å². The molecule has 2 rings (SSSR count). The zero-order valence-electron chi connectivity index (χ0n) is 9.99. The van der Waals surface area contributed by atoms with Crippen LogP contribution < -0.4 is 4.74 Å². The molecule has 0 unspecified atom stereocenters. The first-order valence-corrected chi connectivity index (χ1v) is 5.21. The number of aryl methyl sites for hydroxylation is 1. The number of carboxylic acid groups (broad SMARTS) is 1. The third kappa shape index (κ3) is 2.45. The van der Waals surface area contributed by atoms with E-state index in [2.05, 4.69) is 15.1 Å². The van der Waals surface area contributed by atoms with Crippen LogP contribution in [-0.2, 0) is 18.3 Å². The van der Waals surface area contributed by atoms with E-state index in [1.165, 1.54) is 7.11 Å². The van der Waals surface area contributed by atoms with Crippen LogP contribution in [0.5, 0.6) is 6.01 Å². The van der Waals surface area contributed by atoms with E-state index in [-0.39, 0.29) is 12.4 Å². The van der Waals surface area contributed by atoms with Gasteiger partial charge < -0.3 is 9.84 Å². The molecular weight excluding hydrogens is 236 g/mol. The summed E-state index contributed by atoms with van der Waals surface area (Å²) in [6, 6.07) is 0.266. The third-order valence-corrected chi connectivity index (χ3v) is 2.35. The molecule has 2 aromatic heterocycles. The van der Waals surface area contributed by atoms with Gasteiger partial charge in [-0.25, -0.2) is 9.97 Å². The Balaban J connectivity index is 2.39. The second-order valence-electron chi connectivity index (χ2n) is 3.69. The Bertz CT molecular complexity index is 562. The van der Waals surface area contributed by atoms with Crippen molar-refractivity contribution in [3.63, 3.8) is 0 Å². The predicted octanol–water partition coefficient (Wildman–Crippen LogP) is 0.513. The molecule has 0 fully saturated rings. The molecule has 0 aromatic carbocycles. The van der Waals surface area contributed by atoms with Crippen LogP contribution in [0.15, 0.2) is 18.6 Å². The smallest absolute Gasteiger partial charge is 0.316 e. The lowest BCUT2D eigenvalue weighted by Gasteiger charge is -2.01. The Labute approximate surface area is 103 Å². The Kier molecular flexibility index (Phi) is 3.22. The van der Waals surface area contributed by atoms with E-state index in [4.69, 9.17) is 9.84 Å². The summed E-state index contributed by atoms with van der Waals surface area (Å²) in [5, 5.41) is 12.9. The van der Waals surface area contributed by atoms with E-state index in [0.29, 0.717) is 16.8 Å². The molecule has 0 atom stereocenters. The molecule has 0 saturated carbocycles. The van der Waals surface area contributed by atoms with Gasteiger partial charge in [0, 0.05) is 36.8 Å². The Morgan fingerprint density at radius 1 is 1.44 bits per heavy atom. The van der Waals surface area contributed by atoms with Crippen LogP contribution >= 0.6 is 0 Å². The lowest BCUT2D eigenvalue weighted by Crippen LogP contribution is -2.03. The molecule has 0 saturated heterocycles. The number of ether oxygens (including phenoxy) is 1. The maximum atomic E-state index is 10.8. The highest BCUT2D eigenvalue weighted by Crippen LogP contribution is 2.22. The number of aromatic nitrogens is 4. The summed E-state index contributed by atoms with van der Waals surface area (Å²) in [6.07, 6.45) is 4.76. The monoisotopic (exact) mass is 248 g/mol. The van der Waals surface area contributed by atoms with Crippen LogP contribution in [0.4, 0.5) is 0 Å².